The van der Waals surface area contributed by atoms with E-state index < -0.39 is 14.8 Å². The molecule has 0 amide bonds. The topological polar surface area (TPSA) is 118 Å². The van der Waals surface area contributed by atoms with Crippen molar-refractivity contribution in [2.24, 2.45) is 0 Å². The van der Waals surface area contributed by atoms with E-state index in [0.29, 0.717) is 13.0 Å². The van der Waals surface area contributed by atoms with E-state index >= 15 is 0 Å². The van der Waals surface area contributed by atoms with Crippen molar-refractivity contribution in [2.75, 3.05) is 41.9 Å². The number of sulfone groups is 1. The fourth-order valence-electron chi connectivity index (χ4n) is 2.00. The molecule has 1 saturated heterocycles. The molecule has 0 atom stereocenters. The fourth-order valence-corrected chi connectivity index (χ4v) is 3.27. The molecule has 0 aliphatic carbocycles. The Morgan fingerprint density at radius 1 is 1.40 bits per heavy atom. The summed E-state index contributed by atoms with van der Waals surface area (Å²) in [5.74, 6) is 0.494. The second kappa shape index (κ2) is 5.57. The molecule has 2 heterocycles. The minimum atomic E-state index is -3.08. The van der Waals surface area contributed by atoms with Gasteiger partial charge in [0.2, 0.25) is 11.8 Å². The number of nitro groups is 1. The first-order valence-corrected chi connectivity index (χ1v) is 7.89. The van der Waals surface area contributed by atoms with Crippen LogP contribution in [0.4, 0.5) is 17.5 Å². The highest BCUT2D eigenvalue weighted by Gasteiger charge is 2.26. The molecule has 0 bridgehead atoms. The number of hydrogen-bond donors (Lipinski definition) is 1. The van der Waals surface area contributed by atoms with Crippen molar-refractivity contribution >= 4 is 27.3 Å². The monoisotopic (exact) mass is 301 g/mol. The predicted octanol–water partition coefficient (Wildman–Crippen LogP) is 0.0514. The van der Waals surface area contributed by atoms with Gasteiger partial charge in [-0.2, -0.15) is 4.98 Å². The van der Waals surface area contributed by atoms with Gasteiger partial charge in [-0.25, -0.2) is 13.4 Å². The third-order valence-electron chi connectivity index (χ3n) is 3.03. The van der Waals surface area contributed by atoms with Gasteiger partial charge < -0.3 is 10.2 Å². The smallest absolute Gasteiger partial charge is 0.329 e. The van der Waals surface area contributed by atoms with E-state index in [-0.39, 0.29) is 35.5 Å². The lowest BCUT2D eigenvalue weighted by Crippen LogP contribution is -2.28. The minimum absolute atomic E-state index is 0.0248. The third kappa shape index (κ3) is 3.13. The van der Waals surface area contributed by atoms with Crippen LogP contribution in [0.1, 0.15) is 6.42 Å². The number of nitrogens with zero attached hydrogens (tertiary/aromatic N) is 4. The Morgan fingerprint density at radius 2 is 2.15 bits per heavy atom. The number of aromatic nitrogens is 2. The molecule has 1 fully saturated rings. The molecule has 0 saturated carbocycles. The van der Waals surface area contributed by atoms with Crippen molar-refractivity contribution in [3.05, 3.63) is 16.3 Å². The average Bonchev–Trinajstić information content (AvgIpc) is 2.58. The molecule has 1 aliphatic rings. The Kier molecular flexibility index (Phi) is 4.02. The van der Waals surface area contributed by atoms with Gasteiger partial charge >= 0.3 is 5.69 Å². The van der Waals surface area contributed by atoms with E-state index in [9.17, 15) is 18.5 Å². The normalized spacial score (nSPS) is 18.4. The summed E-state index contributed by atoms with van der Waals surface area (Å²) in [6.07, 6.45) is 1.56. The summed E-state index contributed by atoms with van der Waals surface area (Å²) in [5.41, 5.74) is -0.219. The van der Waals surface area contributed by atoms with Crippen molar-refractivity contribution in [3.63, 3.8) is 0 Å². The standard InChI is InChI=1S/C10H15N5O4S/c1-11-10-12-7-8(15(16)17)9(13-10)14-3-2-5-20(18,19)6-4-14/h7H,2-6H2,1H3,(H,11,12,13). The molecule has 2 rings (SSSR count). The summed E-state index contributed by atoms with van der Waals surface area (Å²) in [7, 11) is -1.47. The summed E-state index contributed by atoms with van der Waals surface area (Å²) in [4.78, 5) is 20.0. The molecule has 1 aliphatic heterocycles. The Balaban J connectivity index is 2.37. The van der Waals surface area contributed by atoms with Crippen molar-refractivity contribution < 1.29 is 13.3 Å². The van der Waals surface area contributed by atoms with Crippen LogP contribution in [0.25, 0.3) is 0 Å². The highest BCUT2D eigenvalue weighted by atomic mass is 32.2. The molecular weight excluding hydrogens is 286 g/mol. The van der Waals surface area contributed by atoms with Crippen LogP contribution in [0, 0.1) is 10.1 Å². The van der Waals surface area contributed by atoms with Crippen LogP contribution < -0.4 is 10.2 Å². The number of anilines is 2. The maximum atomic E-state index is 11.6. The summed E-state index contributed by atoms with van der Waals surface area (Å²) in [5, 5.41) is 13.8. The van der Waals surface area contributed by atoms with Gasteiger partial charge in [-0.15, -0.1) is 0 Å². The molecule has 10 heteroatoms. The molecule has 20 heavy (non-hydrogen) atoms. The highest BCUT2D eigenvalue weighted by molar-refractivity contribution is 7.91. The Morgan fingerprint density at radius 3 is 2.80 bits per heavy atom. The van der Waals surface area contributed by atoms with Crippen LogP contribution in [-0.4, -0.2) is 55.0 Å². The molecule has 0 unspecified atom stereocenters. The quantitative estimate of drug-likeness (QED) is 0.614. The van der Waals surface area contributed by atoms with E-state index in [1.165, 1.54) is 0 Å². The number of hydrogen-bond acceptors (Lipinski definition) is 8. The lowest BCUT2D eigenvalue weighted by Gasteiger charge is -2.20. The second-order valence-corrected chi connectivity index (χ2v) is 6.71. The number of rotatable bonds is 3. The third-order valence-corrected chi connectivity index (χ3v) is 4.74. The van der Waals surface area contributed by atoms with Crippen LogP contribution in [-0.2, 0) is 9.84 Å². The van der Waals surface area contributed by atoms with Crippen LogP contribution in [0.2, 0.25) is 0 Å². The Bertz CT molecular complexity index is 618. The lowest BCUT2D eigenvalue weighted by molar-refractivity contribution is -0.384. The van der Waals surface area contributed by atoms with Crippen molar-refractivity contribution in [2.45, 2.75) is 6.42 Å². The maximum absolute atomic E-state index is 11.6. The molecule has 1 N–H and O–H groups in total. The van der Waals surface area contributed by atoms with Crippen LogP contribution in [0.3, 0.4) is 0 Å². The van der Waals surface area contributed by atoms with E-state index in [1.54, 1.807) is 11.9 Å². The van der Waals surface area contributed by atoms with E-state index in [2.05, 4.69) is 15.3 Å². The van der Waals surface area contributed by atoms with Crippen LogP contribution in [0.5, 0.6) is 0 Å². The van der Waals surface area contributed by atoms with Gasteiger partial charge in [-0.1, -0.05) is 0 Å². The summed E-state index contributed by atoms with van der Waals surface area (Å²) in [6.45, 7) is 0.615. The summed E-state index contributed by atoms with van der Waals surface area (Å²) >= 11 is 0. The van der Waals surface area contributed by atoms with Gasteiger partial charge in [-0.05, 0) is 6.42 Å². The first kappa shape index (κ1) is 14.4. The SMILES string of the molecule is CNc1ncc([N+](=O)[O-])c(N2CCCS(=O)(=O)CC2)n1. The number of nitrogens with one attached hydrogen (secondary N) is 1. The Labute approximate surface area is 116 Å². The fraction of sp³-hybridized carbons (Fsp3) is 0.600. The molecule has 1 aromatic heterocycles. The zero-order valence-electron chi connectivity index (χ0n) is 10.9. The predicted molar refractivity (Wildman–Crippen MR) is 73.7 cm³/mol. The van der Waals surface area contributed by atoms with Gasteiger partial charge in [0.1, 0.15) is 6.20 Å². The van der Waals surface area contributed by atoms with Gasteiger partial charge in [0.25, 0.3) is 0 Å². The second-order valence-electron chi connectivity index (χ2n) is 4.40. The lowest BCUT2D eigenvalue weighted by atomic mass is 10.3. The van der Waals surface area contributed by atoms with Gasteiger partial charge in [0.05, 0.1) is 16.4 Å². The zero-order valence-corrected chi connectivity index (χ0v) is 11.8. The van der Waals surface area contributed by atoms with Gasteiger partial charge in [0, 0.05) is 20.1 Å². The molecule has 1 aromatic rings. The average molecular weight is 301 g/mol. The van der Waals surface area contributed by atoms with Crippen molar-refractivity contribution in [3.8, 4) is 0 Å². The summed E-state index contributed by atoms with van der Waals surface area (Å²) < 4.78 is 23.2. The molecule has 0 spiro atoms. The van der Waals surface area contributed by atoms with Crippen LogP contribution in [0.15, 0.2) is 6.20 Å². The first-order chi connectivity index (χ1) is 9.43. The largest absolute Gasteiger partial charge is 0.357 e. The van der Waals surface area contributed by atoms with Crippen molar-refractivity contribution in [1.82, 2.24) is 9.97 Å². The maximum Gasteiger partial charge on any atom is 0.329 e. The molecule has 0 aromatic carbocycles. The van der Waals surface area contributed by atoms with E-state index in [1.807, 2.05) is 0 Å². The van der Waals surface area contributed by atoms with Crippen molar-refractivity contribution in [1.29, 1.82) is 0 Å². The molecule has 110 valence electrons. The Hall–Kier alpha value is -1.97. The molecule has 9 nitrogen and oxygen atoms in total. The molecule has 0 radical (unpaired) electrons. The van der Waals surface area contributed by atoms with E-state index in [4.69, 9.17) is 0 Å². The zero-order chi connectivity index (χ0) is 14.8. The minimum Gasteiger partial charge on any atom is -0.357 e. The highest BCUT2D eigenvalue weighted by Crippen LogP contribution is 2.27. The molecular formula is C10H15N5O4S. The van der Waals surface area contributed by atoms with Gasteiger partial charge in [-0.3, -0.25) is 10.1 Å². The summed E-state index contributed by atoms with van der Waals surface area (Å²) in [6, 6.07) is 0. The van der Waals surface area contributed by atoms with Crippen LogP contribution >= 0.6 is 0 Å². The first-order valence-electron chi connectivity index (χ1n) is 6.07. The van der Waals surface area contributed by atoms with Gasteiger partial charge in [0.15, 0.2) is 9.84 Å². The van der Waals surface area contributed by atoms with E-state index in [0.717, 1.165) is 6.20 Å².